The van der Waals surface area contributed by atoms with Gasteiger partial charge in [-0.25, -0.2) is 8.78 Å². The van der Waals surface area contributed by atoms with Crippen LogP contribution in [0.15, 0.2) is 42.6 Å². The Balaban J connectivity index is 1.41. The first-order chi connectivity index (χ1) is 14.1. The predicted molar refractivity (Wildman–Crippen MR) is 109 cm³/mol. The fraction of sp³-hybridized carbons (Fsp3) is 0.375. The van der Waals surface area contributed by atoms with Gasteiger partial charge in [0.25, 0.3) is 0 Å². The second kappa shape index (κ2) is 7.38. The van der Waals surface area contributed by atoms with E-state index in [1.165, 1.54) is 49.9 Å². The van der Waals surface area contributed by atoms with Crippen molar-refractivity contribution in [1.82, 2.24) is 9.88 Å². The van der Waals surface area contributed by atoms with Crippen LogP contribution in [0.3, 0.4) is 0 Å². The van der Waals surface area contributed by atoms with Crippen molar-refractivity contribution in [3.63, 3.8) is 0 Å². The van der Waals surface area contributed by atoms with Gasteiger partial charge in [0.1, 0.15) is 0 Å². The van der Waals surface area contributed by atoms with E-state index in [-0.39, 0.29) is 12.0 Å². The van der Waals surface area contributed by atoms with Gasteiger partial charge in [-0.05, 0) is 73.5 Å². The highest BCUT2D eigenvalue weighted by molar-refractivity contribution is 5.98. The molecule has 150 valence electrons. The Morgan fingerprint density at radius 3 is 2.93 bits per heavy atom. The van der Waals surface area contributed by atoms with Gasteiger partial charge in [-0.1, -0.05) is 12.1 Å². The van der Waals surface area contributed by atoms with Gasteiger partial charge in [0.05, 0.1) is 5.56 Å². The van der Waals surface area contributed by atoms with Crippen LogP contribution in [0.5, 0.6) is 0 Å². The summed E-state index contributed by atoms with van der Waals surface area (Å²) < 4.78 is 27.4. The number of aromatic amines is 1. The zero-order valence-corrected chi connectivity index (χ0v) is 16.3. The molecule has 3 heterocycles. The number of fused-ring (bicyclic) bond motifs is 2. The van der Waals surface area contributed by atoms with Crippen LogP contribution in [0.4, 0.5) is 8.78 Å². The lowest BCUT2D eigenvalue weighted by Crippen LogP contribution is -2.37. The molecule has 2 aliphatic heterocycles. The summed E-state index contributed by atoms with van der Waals surface area (Å²) in [6.45, 7) is 2.29. The molecule has 2 aliphatic rings. The largest absolute Gasteiger partial charge is 0.361 e. The lowest BCUT2D eigenvalue weighted by atomic mass is 9.87. The Morgan fingerprint density at radius 2 is 2.03 bits per heavy atom. The smallest absolute Gasteiger partial charge is 0.170 e. The normalized spacial score (nSPS) is 22.1. The van der Waals surface area contributed by atoms with Gasteiger partial charge in [-0.15, -0.1) is 0 Å². The van der Waals surface area contributed by atoms with Gasteiger partial charge < -0.3 is 4.98 Å². The summed E-state index contributed by atoms with van der Waals surface area (Å²) in [5.41, 5.74) is 2.99. The van der Waals surface area contributed by atoms with Crippen LogP contribution in [0.1, 0.15) is 53.1 Å². The molecule has 29 heavy (non-hydrogen) atoms. The van der Waals surface area contributed by atoms with Crippen molar-refractivity contribution in [3.8, 4) is 0 Å². The number of aromatic nitrogens is 1. The van der Waals surface area contributed by atoms with Crippen LogP contribution in [0.25, 0.3) is 10.9 Å². The molecule has 2 aromatic carbocycles. The van der Waals surface area contributed by atoms with Crippen molar-refractivity contribution < 1.29 is 13.6 Å². The van der Waals surface area contributed by atoms with E-state index in [0.29, 0.717) is 5.92 Å². The Bertz CT molecular complexity index is 1070. The Labute approximate surface area is 168 Å². The van der Waals surface area contributed by atoms with Crippen molar-refractivity contribution in [1.29, 1.82) is 0 Å². The zero-order valence-electron chi connectivity index (χ0n) is 16.3. The summed E-state index contributed by atoms with van der Waals surface area (Å²) in [5.74, 6) is -1.97. The molecule has 5 rings (SSSR count). The molecule has 1 N–H and O–H groups in total. The minimum atomic E-state index is -1.07. The minimum Gasteiger partial charge on any atom is -0.361 e. The van der Waals surface area contributed by atoms with Gasteiger partial charge in [0.2, 0.25) is 0 Å². The Morgan fingerprint density at radius 1 is 1.14 bits per heavy atom. The average molecular weight is 394 g/mol. The van der Waals surface area contributed by atoms with Crippen molar-refractivity contribution in [3.05, 3.63) is 70.9 Å². The van der Waals surface area contributed by atoms with Crippen LogP contribution >= 0.6 is 0 Å². The molecule has 1 aromatic heterocycles. The molecule has 5 heteroatoms. The summed E-state index contributed by atoms with van der Waals surface area (Å²) in [7, 11) is 0. The third kappa shape index (κ3) is 3.38. The molecule has 0 spiro atoms. The highest BCUT2D eigenvalue weighted by atomic mass is 19.2. The zero-order chi connectivity index (χ0) is 20.0. The first-order valence-electron chi connectivity index (χ1n) is 10.4. The molecule has 3 aromatic rings. The molecule has 2 atom stereocenters. The number of H-pyrrole nitrogens is 1. The van der Waals surface area contributed by atoms with Gasteiger partial charge in [-0.3, -0.25) is 9.69 Å². The number of carbonyl (C=O) groups excluding carboxylic acids is 1. The van der Waals surface area contributed by atoms with Gasteiger partial charge in [0, 0.05) is 36.1 Å². The van der Waals surface area contributed by atoms with Crippen molar-refractivity contribution in [2.45, 2.75) is 44.1 Å². The maximum absolute atomic E-state index is 14.0. The molecular weight excluding hydrogens is 370 g/mol. The molecule has 0 bridgehead atoms. The monoisotopic (exact) mass is 394 g/mol. The van der Waals surface area contributed by atoms with E-state index in [2.05, 4.69) is 16.1 Å². The number of rotatable bonds is 4. The molecule has 2 unspecified atom stereocenters. The van der Waals surface area contributed by atoms with E-state index in [1.807, 2.05) is 18.2 Å². The summed E-state index contributed by atoms with van der Waals surface area (Å²) in [4.78, 5) is 18.5. The quantitative estimate of drug-likeness (QED) is 0.617. The second-order valence-electron chi connectivity index (χ2n) is 8.39. The van der Waals surface area contributed by atoms with E-state index in [1.54, 1.807) is 0 Å². The molecule has 0 amide bonds. The van der Waals surface area contributed by atoms with E-state index < -0.39 is 17.4 Å². The fourth-order valence-corrected chi connectivity index (χ4v) is 5.12. The summed E-state index contributed by atoms with van der Waals surface area (Å²) in [6.07, 6.45) is 7.21. The number of hydrogen-bond acceptors (Lipinski definition) is 2. The highest BCUT2D eigenvalue weighted by Crippen LogP contribution is 2.37. The predicted octanol–water partition coefficient (Wildman–Crippen LogP) is 5.21. The average Bonchev–Trinajstić information content (AvgIpc) is 3.35. The Kier molecular flexibility index (Phi) is 4.70. The van der Waals surface area contributed by atoms with Gasteiger partial charge in [-0.2, -0.15) is 0 Å². The maximum atomic E-state index is 14.0. The first-order valence-corrected chi connectivity index (χ1v) is 10.4. The molecule has 0 radical (unpaired) electrons. The maximum Gasteiger partial charge on any atom is 0.170 e. The van der Waals surface area contributed by atoms with Gasteiger partial charge >= 0.3 is 0 Å². The third-order valence-corrected chi connectivity index (χ3v) is 6.64. The van der Waals surface area contributed by atoms with E-state index in [4.69, 9.17) is 0 Å². The van der Waals surface area contributed by atoms with Crippen LogP contribution in [-0.2, 0) is 6.42 Å². The van der Waals surface area contributed by atoms with Crippen molar-refractivity contribution >= 4 is 16.7 Å². The number of Topliss-reactive ketones (excluding diaryl/α,β-unsaturated/α-hetero) is 1. The first kappa shape index (κ1) is 18.5. The number of benzene rings is 2. The number of ketones is 1. The molecule has 3 nitrogen and oxygen atoms in total. The number of halogens is 2. The lowest BCUT2D eigenvalue weighted by Gasteiger charge is -2.35. The molecular formula is C24H24F2N2O. The van der Waals surface area contributed by atoms with Crippen molar-refractivity contribution in [2.75, 3.05) is 13.1 Å². The van der Waals surface area contributed by atoms with Crippen LogP contribution in [0, 0.1) is 11.6 Å². The Hall–Kier alpha value is -2.53. The van der Waals surface area contributed by atoms with E-state index in [0.717, 1.165) is 35.1 Å². The SMILES string of the molecule is O=C(Cc1ccc2[nH]cc(C3CCC4CCCN4C3)c2c1)c1cccc(F)c1F. The highest BCUT2D eigenvalue weighted by Gasteiger charge is 2.32. The lowest BCUT2D eigenvalue weighted by molar-refractivity contribution is 0.0988. The third-order valence-electron chi connectivity index (χ3n) is 6.64. The molecule has 0 saturated carbocycles. The second-order valence-corrected chi connectivity index (χ2v) is 8.39. The van der Waals surface area contributed by atoms with E-state index >= 15 is 0 Å². The van der Waals surface area contributed by atoms with Crippen LogP contribution < -0.4 is 0 Å². The molecule has 2 saturated heterocycles. The molecule has 0 aliphatic carbocycles. The van der Waals surface area contributed by atoms with E-state index in [9.17, 15) is 13.6 Å². The number of piperidine rings is 1. The molecule has 2 fully saturated rings. The summed E-state index contributed by atoms with van der Waals surface area (Å²) in [6, 6.07) is 10.4. The topological polar surface area (TPSA) is 36.1 Å². The fourth-order valence-electron chi connectivity index (χ4n) is 5.12. The summed E-state index contributed by atoms with van der Waals surface area (Å²) in [5, 5.41) is 1.14. The summed E-state index contributed by atoms with van der Waals surface area (Å²) >= 11 is 0. The van der Waals surface area contributed by atoms with Gasteiger partial charge in [0.15, 0.2) is 17.4 Å². The number of carbonyl (C=O) groups is 1. The van der Waals surface area contributed by atoms with Crippen molar-refractivity contribution in [2.24, 2.45) is 0 Å². The minimum absolute atomic E-state index is 0.0554. The number of nitrogens with zero attached hydrogens (tertiary/aromatic N) is 1. The number of nitrogens with one attached hydrogen (secondary N) is 1. The van der Waals surface area contributed by atoms with Crippen LogP contribution in [0.2, 0.25) is 0 Å². The number of hydrogen-bond donors (Lipinski definition) is 1. The standard InChI is InChI=1S/C24H24F2N2O/c25-21-5-1-4-18(24(21)26)23(29)12-15-6-9-22-19(11-15)20(13-27-22)16-7-8-17-3-2-10-28(17)14-16/h1,4-6,9,11,13,16-17,27H,2-3,7-8,10,12,14H2. The van der Waals surface area contributed by atoms with Crippen LogP contribution in [-0.4, -0.2) is 34.8 Å².